The lowest BCUT2D eigenvalue weighted by atomic mass is 9.91. The maximum atomic E-state index is 12.8. The van der Waals surface area contributed by atoms with Gasteiger partial charge in [0.15, 0.2) is 0 Å². The molecule has 4 N–H and O–H groups in total. The molecule has 1 aromatic heterocycles. The molecule has 1 aliphatic heterocycles. The maximum Gasteiger partial charge on any atom is 0.335 e. The van der Waals surface area contributed by atoms with E-state index in [1.165, 1.54) is 0 Å². The monoisotopic (exact) mass is 397 g/mol. The first kappa shape index (κ1) is 18.5. The lowest BCUT2D eigenvalue weighted by Gasteiger charge is -2.36. The summed E-state index contributed by atoms with van der Waals surface area (Å²) in [6.45, 7) is 0.805. The van der Waals surface area contributed by atoms with Crippen molar-refractivity contribution < 1.29 is 14.7 Å². The van der Waals surface area contributed by atoms with Gasteiger partial charge in [-0.05, 0) is 47.9 Å². The average molecular weight is 398 g/mol. The lowest BCUT2D eigenvalue weighted by Crippen LogP contribution is -2.41. The summed E-state index contributed by atoms with van der Waals surface area (Å²) >= 11 is 6.19. The van der Waals surface area contributed by atoms with E-state index in [-0.39, 0.29) is 24.4 Å². The summed E-state index contributed by atoms with van der Waals surface area (Å²) in [5.74, 6) is -1.04. The second kappa shape index (κ2) is 7.30. The van der Waals surface area contributed by atoms with E-state index in [4.69, 9.17) is 17.3 Å². The number of carboxylic acid groups (broad SMARTS) is 1. The highest BCUT2D eigenvalue weighted by Crippen LogP contribution is 2.39. The molecule has 4 rings (SSSR count). The third kappa shape index (κ3) is 3.15. The molecular weight excluding hydrogens is 378 g/mol. The third-order valence-electron chi connectivity index (χ3n) is 5.22. The Morgan fingerprint density at radius 1 is 1.25 bits per heavy atom. The minimum Gasteiger partial charge on any atom is -0.478 e. The Balaban J connectivity index is 1.90. The molecule has 3 aromatic rings. The molecule has 2 heterocycles. The molecule has 2 aromatic carbocycles. The van der Waals surface area contributed by atoms with E-state index in [1.54, 1.807) is 23.1 Å². The van der Waals surface area contributed by atoms with Crippen LogP contribution in [-0.2, 0) is 11.2 Å². The first-order chi connectivity index (χ1) is 13.5. The van der Waals surface area contributed by atoms with Crippen molar-refractivity contribution in [2.45, 2.75) is 18.9 Å². The number of carboxylic acids is 1. The van der Waals surface area contributed by atoms with E-state index in [0.29, 0.717) is 18.0 Å². The van der Waals surface area contributed by atoms with Crippen LogP contribution in [0.5, 0.6) is 0 Å². The Hall–Kier alpha value is -2.83. The number of nitrogens with zero attached hydrogens (tertiary/aromatic N) is 1. The topological polar surface area (TPSA) is 99.4 Å². The van der Waals surface area contributed by atoms with Gasteiger partial charge in [-0.1, -0.05) is 23.7 Å². The second-order valence-electron chi connectivity index (χ2n) is 6.92. The standard InChI is InChI=1S/C21H20ClN3O3/c22-14-4-5-17-16(11-14)15-7-9-25(18(26)6-8-23)20(19(15)24-17)12-2-1-3-13(10-12)21(27)28/h1-5,10-11,20,24H,6-9,23H2,(H,27,28). The maximum absolute atomic E-state index is 12.8. The number of amides is 1. The van der Waals surface area contributed by atoms with Gasteiger partial charge in [0.25, 0.3) is 0 Å². The summed E-state index contributed by atoms with van der Waals surface area (Å²) in [4.78, 5) is 29.5. The van der Waals surface area contributed by atoms with Crippen molar-refractivity contribution in [1.82, 2.24) is 9.88 Å². The van der Waals surface area contributed by atoms with Crippen LogP contribution in [0.3, 0.4) is 0 Å². The van der Waals surface area contributed by atoms with Gasteiger partial charge in [0.2, 0.25) is 5.91 Å². The van der Waals surface area contributed by atoms with Crippen LogP contribution in [-0.4, -0.2) is 40.0 Å². The van der Waals surface area contributed by atoms with Crippen LogP contribution in [0.4, 0.5) is 0 Å². The Kier molecular flexibility index (Phi) is 4.83. The van der Waals surface area contributed by atoms with Gasteiger partial charge >= 0.3 is 5.97 Å². The quantitative estimate of drug-likeness (QED) is 0.628. The molecule has 1 aliphatic rings. The van der Waals surface area contributed by atoms with E-state index in [2.05, 4.69) is 4.98 Å². The smallest absolute Gasteiger partial charge is 0.335 e. The molecule has 0 saturated carbocycles. The second-order valence-corrected chi connectivity index (χ2v) is 7.35. The lowest BCUT2D eigenvalue weighted by molar-refractivity contribution is -0.133. The van der Waals surface area contributed by atoms with Gasteiger partial charge in [0.05, 0.1) is 11.6 Å². The van der Waals surface area contributed by atoms with Gasteiger partial charge in [-0.3, -0.25) is 4.79 Å². The number of aromatic amines is 1. The van der Waals surface area contributed by atoms with Crippen LogP contribution in [0, 0.1) is 0 Å². The van der Waals surface area contributed by atoms with Crippen molar-refractivity contribution in [3.8, 4) is 0 Å². The van der Waals surface area contributed by atoms with Gasteiger partial charge in [0.1, 0.15) is 0 Å². The van der Waals surface area contributed by atoms with Gasteiger partial charge in [-0.25, -0.2) is 4.79 Å². The summed E-state index contributed by atoms with van der Waals surface area (Å²) in [6.07, 6.45) is 0.942. The van der Waals surface area contributed by atoms with Crippen molar-refractivity contribution in [1.29, 1.82) is 0 Å². The Labute approximate surface area is 166 Å². The fourth-order valence-electron chi connectivity index (χ4n) is 3.98. The Morgan fingerprint density at radius 3 is 2.82 bits per heavy atom. The highest BCUT2D eigenvalue weighted by atomic mass is 35.5. The van der Waals surface area contributed by atoms with E-state index in [9.17, 15) is 14.7 Å². The number of carbonyl (C=O) groups is 2. The number of H-pyrrole nitrogens is 1. The molecule has 0 aliphatic carbocycles. The number of hydrogen-bond acceptors (Lipinski definition) is 3. The molecule has 0 saturated heterocycles. The SMILES string of the molecule is NCCC(=O)N1CCc2c([nH]c3ccc(Cl)cc23)C1c1cccc(C(=O)O)c1. The number of nitrogens with one attached hydrogen (secondary N) is 1. The number of hydrogen-bond donors (Lipinski definition) is 3. The largest absolute Gasteiger partial charge is 0.478 e. The molecule has 28 heavy (non-hydrogen) atoms. The summed E-state index contributed by atoms with van der Waals surface area (Å²) in [7, 11) is 0. The molecule has 7 heteroatoms. The van der Waals surface area contributed by atoms with E-state index in [0.717, 1.165) is 27.7 Å². The molecule has 1 atom stereocenters. The predicted octanol–water partition coefficient (Wildman–Crippen LogP) is 3.34. The molecule has 0 fully saturated rings. The summed E-state index contributed by atoms with van der Waals surface area (Å²) < 4.78 is 0. The van der Waals surface area contributed by atoms with Gasteiger partial charge in [0, 0.05) is 41.1 Å². The van der Waals surface area contributed by atoms with Crippen LogP contribution in [0.25, 0.3) is 10.9 Å². The Bertz CT molecular complexity index is 1080. The highest BCUT2D eigenvalue weighted by Gasteiger charge is 2.34. The molecular formula is C21H20ClN3O3. The van der Waals surface area contributed by atoms with Gasteiger partial charge in [-0.15, -0.1) is 0 Å². The fraction of sp³-hybridized carbons (Fsp3) is 0.238. The third-order valence-corrected chi connectivity index (χ3v) is 5.45. The first-order valence-corrected chi connectivity index (χ1v) is 9.50. The highest BCUT2D eigenvalue weighted by molar-refractivity contribution is 6.31. The summed E-state index contributed by atoms with van der Waals surface area (Å²) in [6, 6.07) is 12.0. The summed E-state index contributed by atoms with van der Waals surface area (Å²) in [5.41, 5.74) is 9.51. The fourth-order valence-corrected chi connectivity index (χ4v) is 4.16. The molecule has 0 bridgehead atoms. The zero-order valence-corrected chi connectivity index (χ0v) is 15.9. The van der Waals surface area contributed by atoms with Crippen LogP contribution in [0.15, 0.2) is 42.5 Å². The van der Waals surface area contributed by atoms with Crippen molar-refractivity contribution in [3.63, 3.8) is 0 Å². The number of halogens is 1. The number of nitrogens with two attached hydrogens (primary N) is 1. The molecule has 1 unspecified atom stereocenters. The van der Waals surface area contributed by atoms with Crippen LogP contribution in [0.2, 0.25) is 5.02 Å². The van der Waals surface area contributed by atoms with Gasteiger partial charge in [-0.2, -0.15) is 0 Å². The normalized spacial score (nSPS) is 16.2. The summed E-state index contributed by atoms with van der Waals surface area (Å²) in [5, 5.41) is 11.1. The Morgan fingerprint density at radius 2 is 2.07 bits per heavy atom. The molecule has 0 radical (unpaired) electrons. The minimum absolute atomic E-state index is 0.0458. The van der Waals surface area contributed by atoms with Crippen molar-refractivity contribution in [2.24, 2.45) is 5.73 Å². The van der Waals surface area contributed by atoms with Crippen molar-refractivity contribution in [2.75, 3.05) is 13.1 Å². The zero-order valence-electron chi connectivity index (χ0n) is 15.1. The van der Waals surface area contributed by atoms with Crippen LogP contribution < -0.4 is 5.73 Å². The number of aromatic carboxylic acids is 1. The van der Waals surface area contributed by atoms with Crippen LogP contribution >= 0.6 is 11.6 Å². The van der Waals surface area contributed by atoms with Crippen molar-refractivity contribution >= 4 is 34.4 Å². The zero-order chi connectivity index (χ0) is 19.8. The average Bonchev–Trinajstić information content (AvgIpc) is 3.05. The minimum atomic E-state index is -0.999. The molecule has 1 amide bonds. The number of carbonyl (C=O) groups excluding carboxylic acids is 1. The number of aromatic nitrogens is 1. The molecule has 6 nitrogen and oxygen atoms in total. The van der Waals surface area contributed by atoms with Crippen molar-refractivity contribution in [3.05, 3.63) is 69.9 Å². The predicted molar refractivity (Wildman–Crippen MR) is 108 cm³/mol. The number of benzene rings is 2. The van der Waals surface area contributed by atoms with E-state index in [1.807, 2.05) is 24.3 Å². The molecule has 144 valence electrons. The van der Waals surface area contributed by atoms with Gasteiger partial charge < -0.3 is 20.7 Å². The van der Waals surface area contributed by atoms with E-state index < -0.39 is 12.0 Å². The van der Waals surface area contributed by atoms with Crippen LogP contribution in [0.1, 0.15) is 39.6 Å². The number of rotatable bonds is 4. The van der Waals surface area contributed by atoms with E-state index >= 15 is 0 Å². The number of fused-ring (bicyclic) bond motifs is 3. The first-order valence-electron chi connectivity index (χ1n) is 9.12. The molecule has 0 spiro atoms.